The Kier molecular flexibility index (Phi) is 5.42. The number of anilines is 5. The number of benzene rings is 2. The molecule has 0 aliphatic carbocycles. The summed E-state index contributed by atoms with van der Waals surface area (Å²) >= 11 is 0. The van der Waals surface area contributed by atoms with Gasteiger partial charge in [0.25, 0.3) is 0 Å². The highest BCUT2D eigenvalue weighted by atomic mass is 15.1. The smallest absolute Gasteiger partial charge is 0.229 e. The molecule has 0 unspecified atom stereocenters. The van der Waals surface area contributed by atoms with Gasteiger partial charge in [0.1, 0.15) is 5.82 Å². The van der Waals surface area contributed by atoms with E-state index in [1.165, 1.54) is 36.1 Å². The maximum absolute atomic E-state index is 4.60. The first-order valence-corrected chi connectivity index (χ1v) is 9.97. The largest absolute Gasteiger partial charge is 0.372 e. The van der Waals surface area contributed by atoms with E-state index >= 15 is 0 Å². The minimum atomic E-state index is 0.585. The lowest BCUT2D eigenvalue weighted by atomic mass is 10.1. The quantitative estimate of drug-likeness (QED) is 0.612. The van der Waals surface area contributed by atoms with Crippen molar-refractivity contribution in [2.75, 3.05) is 28.6 Å². The van der Waals surface area contributed by atoms with E-state index in [-0.39, 0.29) is 0 Å². The topological polar surface area (TPSA) is 53.1 Å². The predicted octanol–water partition coefficient (Wildman–Crippen LogP) is 5.57. The average molecular weight is 374 g/mol. The van der Waals surface area contributed by atoms with Gasteiger partial charge in [-0.25, -0.2) is 4.98 Å². The maximum Gasteiger partial charge on any atom is 0.229 e. The van der Waals surface area contributed by atoms with Crippen molar-refractivity contribution >= 4 is 28.8 Å². The van der Waals surface area contributed by atoms with E-state index in [1.54, 1.807) is 6.20 Å². The molecule has 1 fully saturated rings. The summed E-state index contributed by atoms with van der Waals surface area (Å²) < 4.78 is 0. The SMILES string of the molecule is Cc1ccc(Nc2nccc(Nc3ccc(N4CCCCC4)cc3)n2)c(C)c1. The molecule has 4 rings (SSSR count). The molecule has 2 N–H and O–H groups in total. The van der Waals surface area contributed by atoms with Gasteiger partial charge in [-0.1, -0.05) is 17.7 Å². The summed E-state index contributed by atoms with van der Waals surface area (Å²) in [5.41, 5.74) is 5.76. The number of hydrogen-bond acceptors (Lipinski definition) is 5. The monoisotopic (exact) mass is 373 g/mol. The van der Waals surface area contributed by atoms with Crippen molar-refractivity contribution in [2.45, 2.75) is 33.1 Å². The van der Waals surface area contributed by atoms with Crippen LogP contribution in [0.3, 0.4) is 0 Å². The number of aryl methyl sites for hydroxylation is 2. The fourth-order valence-corrected chi connectivity index (χ4v) is 3.62. The molecule has 1 saturated heterocycles. The van der Waals surface area contributed by atoms with Gasteiger partial charge in [-0.2, -0.15) is 4.98 Å². The average Bonchev–Trinajstić information content (AvgIpc) is 2.72. The Bertz CT molecular complexity index is 930. The summed E-state index contributed by atoms with van der Waals surface area (Å²) in [4.78, 5) is 11.4. The van der Waals surface area contributed by atoms with Crippen LogP contribution in [0.5, 0.6) is 0 Å². The first-order chi connectivity index (χ1) is 13.7. The second kappa shape index (κ2) is 8.30. The third-order valence-electron chi connectivity index (χ3n) is 5.14. The van der Waals surface area contributed by atoms with E-state index in [2.05, 4.69) is 81.8 Å². The molecule has 1 aromatic heterocycles. The fraction of sp³-hybridized carbons (Fsp3) is 0.304. The standard InChI is InChI=1S/C23H27N5/c1-17-6-11-21(18(2)16-17)26-23-24-13-12-22(27-23)25-19-7-9-20(10-8-19)28-14-4-3-5-15-28/h6-13,16H,3-5,14-15H2,1-2H3,(H2,24,25,26,27). The van der Waals surface area contributed by atoms with Gasteiger partial charge in [0.05, 0.1) is 0 Å². The van der Waals surface area contributed by atoms with Crippen LogP contribution in [-0.2, 0) is 0 Å². The Morgan fingerprint density at radius 1 is 0.857 bits per heavy atom. The van der Waals surface area contributed by atoms with Crippen molar-refractivity contribution in [1.29, 1.82) is 0 Å². The van der Waals surface area contributed by atoms with Crippen LogP contribution in [0.25, 0.3) is 0 Å². The summed E-state index contributed by atoms with van der Waals surface area (Å²) in [6.07, 6.45) is 5.69. The third-order valence-corrected chi connectivity index (χ3v) is 5.14. The lowest BCUT2D eigenvalue weighted by Gasteiger charge is -2.28. The Morgan fingerprint density at radius 3 is 2.39 bits per heavy atom. The number of nitrogens with one attached hydrogen (secondary N) is 2. The number of piperidine rings is 1. The molecule has 28 heavy (non-hydrogen) atoms. The summed E-state index contributed by atoms with van der Waals surface area (Å²) in [5, 5.41) is 6.68. The first kappa shape index (κ1) is 18.3. The zero-order valence-electron chi connectivity index (χ0n) is 16.6. The molecule has 0 bridgehead atoms. The van der Waals surface area contributed by atoms with Crippen LogP contribution < -0.4 is 15.5 Å². The molecule has 144 valence electrons. The minimum Gasteiger partial charge on any atom is -0.372 e. The Balaban J connectivity index is 1.44. The van der Waals surface area contributed by atoms with E-state index in [0.29, 0.717) is 5.95 Å². The number of aromatic nitrogens is 2. The van der Waals surface area contributed by atoms with Crippen LogP contribution in [0, 0.1) is 13.8 Å². The molecule has 1 aliphatic heterocycles. The Hall–Kier alpha value is -3.08. The highest BCUT2D eigenvalue weighted by Crippen LogP contribution is 2.24. The number of rotatable bonds is 5. The molecule has 0 amide bonds. The molecule has 0 radical (unpaired) electrons. The van der Waals surface area contributed by atoms with Gasteiger partial charge in [-0.3, -0.25) is 0 Å². The predicted molar refractivity (Wildman–Crippen MR) is 117 cm³/mol. The van der Waals surface area contributed by atoms with Crippen LogP contribution in [0.4, 0.5) is 28.8 Å². The van der Waals surface area contributed by atoms with E-state index in [9.17, 15) is 0 Å². The lowest BCUT2D eigenvalue weighted by Crippen LogP contribution is -2.29. The van der Waals surface area contributed by atoms with Crippen molar-refractivity contribution in [3.05, 3.63) is 65.9 Å². The lowest BCUT2D eigenvalue weighted by molar-refractivity contribution is 0.578. The van der Waals surface area contributed by atoms with E-state index < -0.39 is 0 Å². The normalized spacial score (nSPS) is 14.0. The van der Waals surface area contributed by atoms with Gasteiger partial charge >= 0.3 is 0 Å². The van der Waals surface area contributed by atoms with Crippen molar-refractivity contribution in [3.63, 3.8) is 0 Å². The highest BCUT2D eigenvalue weighted by Gasteiger charge is 2.10. The minimum absolute atomic E-state index is 0.585. The van der Waals surface area contributed by atoms with E-state index in [1.807, 2.05) is 6.07 Å². The van der Waals surface area contributed by atoms with E-state index in [4.69, 9.17) is 0 Å². The van der Waals surface area contributed by atoms with E-state index in [0.717, 1.165) is 30.3 Å². The Morgan fingerprint density at radius 2 is 1.64 bits per heavy atom. The van der Waals surface area contributed by atoms with Gasteiger partial charge in [0.2, 0.25) is 5.95 Å². The van der Waals surface area contributed by atoms with Gasteiger partial charge in [0.15, 0.2) is 0 Å². The molecule has 1 aliphatic rings. The number of nitrogens with zero attached hydrogens (tertiary/aromatic N) is 3. The molecule has 0 spiro atoms. The molecular weight excluding hydrogens is 346 g/mol. The summed E-state index contributed by atoms with van der Waals surface area (Å²) in [7, 11) is 0. The Labute approximate surface area is 166 Å². The second-order valence-corrected chi connectivity index (χ2v) is 7.43. The summed E-state index contributed by atoms with van der Waals surface area (Å²) in [6, 6.07) is 16.8. The van der Waals surface area contributed by atoms with Crippen molar-refractivity contribution in [3.8, 4) is 0 Å². The molecule has 2 heterocycles. The molecule has 5 nitrogen and oxygen atoms in total. The van der Waals surface area contributed by atoms with Crippen molar-refractivity contribution in [1.82, 2.24) is 9.97 Å². The number of hydrogen-bond donors (Lipinski definition) is 2. The molecule has 3 aromatic rings. The zero-order chi connectivity index (χ0) is 19.3. The van der Waals surface area contributed by atoms with Crippen LogP contribution in [0.1, 0.15) is 30.4 Å². The first-order valence-electron chi connectivity index (χ1n) is 9.97. The molecule has 5 heteroatoms. The zero-order valence-corrected chi connectivity index (χ0v) is 16.6. The van der Waals surface area contributed by atoms with Crippen LogP contribution >= 0.6 is 0 Å². The highest BCUT2D eigenvalue weighted by molar-refractivity contribution is 5.63. The van der Waals surface area contributed by atoms with Crippen molar-refractivity contribution in [2.24, 2.45) is 0 Å². The second-order valence-electron chi connectivity index (χ2n) is 7.43. The van der Waals surface area contributed by atoms with Crippen molar-refractivity contribution < 1.29 is 0 Å². The van der Waals surface area contributed by atoms with Gasteiger partial charge < -0.3 is 15.5 Å². The van der Waals surface area contributed by atoms with Crippen LogP contribution in [0.2, 0.25) is 0 Å². The third kappa shape index (κ3) is 4.42. The summed E-state index contributed by atoms with van der Waals surface area (Å²) in [5.74, 6) is 1.36. The molecule has 2 aromatic carbocycles. The molecule has 0 atom stereocenters. The van der Waals surface area contributed by atoms with Gasteiger partial charge in [-0.05, 0) is 75.1 Å². The van der Waals surface area contributed by atoms with Gasteiger partial charge in [0, 0.05) is 36.3 Å². The van der Waals surface area contributed by atoms with Gasteiger partial charge in [-0.15, -0.1) is 0 Å². The molecule has 0 saturated carbocycles. The van der Waals surface area contributed by atoms with Crippen LogP contribution in [-0.4, -0.2) is 23.1 Å². The van der Waals surface area contributed by atoms with Crippen LogP contribution in [0.15, 0.2) is 54.7 Å². The molecular formula is C23H27N5. The fourth-order valence-electron chi connectivity index (χ4n) is 3.62. The maximum atomic E-state index is 4.60. The summed E-state index contributed by atoms with van der Waals surface area (Å²) in [6.45, 7) is 6.49.